The molecular formula is C20H22F3N7O2. The molecule has 4 rings (SSSR count). The Kier molecular flexibility index (Phi) is 6.49. The minimum Gasteiger partial charge on any atom is -0.372 e. The standard InChI is InChI=1S/C20H22F3N7O2/c21-20(22,23)12-31-11-14-6-8-30(9-7-14)19-28-17(29-32-19)16-25-15(26-18(24)27-16)10-13-4-2-1-3-5-13/h1-5,14H,6-12H2,(H2,24,25,26,27). The van der Waals surface area contributed by atoms with Crippen LogP contribution in [-0.2, 0) is 11.2 Å². The van der Waals surface area contributed by atoms with Gasteiger partial charge in [0, 0.05) is 26.1 Å². The Hall–Kier alpha value is -3.28. The summed E-state index contributed by atoms with van der Waals surface area (Å²) in [6, 6.07) is 10.0. The maximum absolute atomic E-state index is 12.2. The van der Waals surface area contributed by atoms with E-state index in [4.69, 9.17) is 15.0 Å². The second kappa shape index (κ2) is 9.47. The molecule has 1 fully saturated rings. The molecule has 1 aromatic carbocycles. The number of nitrogen functional groups attached to an aromatic ring is 1. The Morgan fingerprint density at radius 3 is 2.50 bits per heavy atom. The number of ether oxygens (including phenoxy) is 1. The lowest BCUT2D eigenvalue weighted by atomic mass is 9.98. The minimum atomic E-state index is -4.31. The number of rotatable bonds is 7. The van der Waals surface area contributed by atoms with Crippen LogP contribution in [0.15, 0.2) is 34.9 Å². The summed E-state index contributed by atoms with van der Waals surface area (Å²) in [5.74, 6) is 1.02. The highest BCUT2D eigenvalue weighted by atomic mass is 19.4. The predicted molar refractivity (Wildman–Crippen MR) is 109 cm³/mol. The van der Waals surface area contributed by atoms with Gasteiger partial charge in [0.05, 0.1) is 0 Å². The van der Waals surface area contributed by atoms with Gasteiger partial charge in [-0.05, 0) is 24.3 Å². The molecule has 0 atom stereocenters. The van der Waals surface area contributed by atoms with Gasteiger partial charge in [0.1, 0.15) is 12.4 Å². The molecule has 0 aliphatic carbocycles. The van der Waals surface area contributed by atoms with Crippen molar-refractivity contribution in [1.29, 1.82) is 0 Å². The Balaban J connectivity index is 1.37. The van der Waals surface area contributed by atoms with Crippen molar-refractivity contribution in [2.24, 2.45) is 5.92 Å². The largest absolute Gasteiger partial charge is 0.411 e. The zero-order chi connectivity index (χ0) is 22.6. The number of piperidine rings is 1. The molecule has 9 nitrogen and oxygen atoms in total. The van der Waals surface area contributed by atoms with Gasteiger partial charge in [0.15, 0.2) is 0 Å². The molecule has 1 saturated heterocycles. The fraction of sp³-hybridized carbons (Fsp3) is 0.450. The molecule has 0 radical (unpaired) electrons. The summed E-state index contributed by atoms with van der Waals surface area (Å²) in [5.41, 5.74) is 6.87. The first-order chi connectivity index (χ1) is 15.4. The van der Waals surface area contributed by atoms with Crippen molar-refractivity contribution in [3.63, 3.8) is 0 Å². The molecular weight excluding hydrogens is 427 g/mol. The van der Waals surface area contributed by atoms with Crippen LogP contribution < -0.4 is 10.6 Å². The SMILES string of the molecule is Nc1nc(Cc2ccccc2)nc(-c2noc(N3CCC(COCC(F)(F)F)CC3)n2)n1. The van der Waals surface area contributed by atoms with Gasteiger partial charge in [0.2, 0.25) is 17.6 Å². The summed E-state index contributed by atoms with van der Waals surface area (Å²) in [4.78, 5) is 19.0. The van der Waals surface area contributed by atoms with Crippen LogP contribution in [0.3, 0.4) is 0 Å². The average Bonchev–Trinajstić information content (AvgIpc) is 3.24. The predicted octanol–water partition coefficient (Wildman–Crippen LogP) is 2.89. The smallest absolute Gasteiger partial charge is 0.372 e. The highest BCUT2D eigenvalue weighted by Crippen LogP contribution is 2.25. The summed E-state index contributed by atoms with van der Waals surface area (Å²) in [7, 11) is 0. The first-order valence-corrected chi connectivity index (χ1v) is 10.1. The summed E-state index contributed by atoms with van der Waals surface area (Å²) in [5, 5.41) is 3.96. The van der Waals surface area contributed by atoms with E-state index in [1.807, 2.05) is 35.2 Å². The molecule has 0 amide bonds. The van der Waals surface area contributed by atoms with Gasteiger partial charge in [-0.15, -0.1) is 0 Å². The third-order valence-corrected chi connectivity index (χ3v) is 5.02. The van der Waals surface area contributed by atoms with Crippen molar-refractivity contribution in [3.05, 3.63) is 41.7 Å². The fourth-order valence-electron chi connectivity index (χ4n) is 3.46. The van der Waals surface area contributed by atoms with Gasteiger partial charge in [-0.3, -0.25) is 0 Å². The van der Waals surface area contributed by atoms with Gasteiger partial charge < -0.3 is 19.9 Å². The summed E-state index contributed by atoms with van der Waals surface area (Å²) in [6.07, 6.45) is -2.50. The van der Waals surface area contributed by atoms with Gasteiger partial charge in [-0.25, -0.2) is 4.98 Å². The number of halogens is 3. The zero-order valence-electron chi connectivity index (χ0n) is 17.1. The molecule has 12 heteroatoms. The number of hydrogen-bond donors (Lipinski definition) is 1. The lowest BCUT2D eigenvalue weighted by Gasteiger charge is -2.30. The monoisotopic (exact) mass is 449 g/mol. The third-order valence-electron chi connectivity index (χ3n) is 5.02. The van der Waals surface area contributed by atoms with E-state index >= 15 is 0 Å². The molecule has 1 aliphatic heterocycles. The summed E-state index contributed by atoms with van der Waals surface area (Å²) >= 11 is 0. The fourth-order valence-corrected chi connectivity index (χ4v) is 3.46. The average molecular weight is 449 g/mol. The van der Waals surface area contributed by atoms with Crippen molar-refractivity contribution >= 4 is 12.0 Å². The van der Waals surface area contributed by atoms with E-state index in [0.717, 1.165) is 5.56 Å². The van der Waals surface area contributed by atoms with E-state index in [1.54, 1.807) is 0 Å². The summed E-state index contributed by atoms with van der Waals surface area (Å²) in [6.45, 7) is -0.00112. The van der Waals surface area contributed by atoms with E-state index in [9.17, 15) is 13.2 Å². The van der Waals surface area contributed by atoms with Crippen LogP contribution in [-0.4, -0.2) is 57.6 Å². The number of anilines is 2. The molecule has 3 heterocycles. The molecule has 2 N–H and O–H groups in total. The number of nitrogens with two attached hydrogens (primary N) is 1. The van der Waals surface area contributed by atoms with Crippen LogP contribution in [0.1, 0.15) is 24.2 Å². The molecule has 3 aromatic rings. The van der Waals surface area contributed by atoms with Crippen molar-refractivity contribution < 1.29 is 22.4 Å². The number of aromatic nitrogens is 5. The summed E-state index contributed by atoms with van der Waals surface area (Å²) < 4.78 is 46.8. The molecule has 170 valence electrons. The Labute approximate surface area is 181 Å². The van der Waals surface area contributed by atoms with Crippen molar-refractivity contribution in [2.45, 2.75) is 25.4 Å². The number of nitrogens with zero attached hydrogens (tertiary/aromatic N) is 6. The normalized spacial score (nSPS) is 15.3. The molecule has 2 aromatic heterocycles. The molecule has 1 aliphatic rings. The lowest BCUT2D eigenvalue weighted by Crippen LogP contribution is -2.35. The maximum Gasteiger partial charge on any atom is 0.411 e. The Morgan fingerprint density at radius 2 is 1.78 bits per heavy atom. The lowest BCUT2D eigenvalue weighted by molar-refractivity contribution is -0.176. The molecule has 0 saturated carbocycles. The van der Waals surface area contributed by atoms with Gasteiger partial charge in [0.25, 0.3) is 0 Å². The van der Waals surface area contributed by atoms with Crippen molar-refractivity contribution in [2.75, 3.05) is 36.9 Å². The van der Waals surface area contributed by atoms with Crippen LogP contribution in [0.4, 0.5) is 25.1 Å². The van der Waals surface area contributed by atoms with E-state index in [2.05, 4.69) is 25.1 Å². The van der Waals surface area contributed by atoms with Crippen LogP contribution >= 0.6 is 0 Å². The number of benzene rings is 1. The Morgan fingerprint density at radius 1 is 1.03 bits per heavy atom. The van der Waals surface area contributed by atoms with Gasteiger partial charge in [-0.1, -0.05) is 35.5 Å². The molecule has 0 spiro atoms. The third kappa shape index (κ3) is 5.90. The van der Waals surface area contributed by atoms with Crippen molar-refractivity contribution in [3.8, 4) is 11.6 Å². The number of alkyl halides is 3. The maximum atomic E-state index is 12.2. The zero-order valence-corrected chi connectivity index (χ0v) is 17.1. The van der Waals surface area contributed by atoms with E-state index in [1.165, 1.54) is 0 Å². The second-order valence-corrected chi connectivity index (χ2v) is 7.56. The first-order valence-electron chi connectivity index (χ1n) is 10.1. The van der Waals surface area contributed by atoms with Crippen LogP contribution in [0.25, 0.3) is 11.6 Å². The van der Waals surface area contributed by atoms with E-state index < -0.39 is 12.8 Å². The van der Waals surface area contributed by atoms with Crippen LogP contribution in [0.5, 0.6) is 0 Å². The van der Waals surface area contributed by atoms with E-state index in [-0.39, 0.29) is 30.1 Å². The molecule has 32 heavy (non-hydrogen) atoms. The minimum absolute atomic E-state index is 0.0554. The van der Waals surface area contributed by atoms with Crippen LogP contribution in [0.2, 0.25) is 0 Å². The molecule has 0 bridgehead atoms. The number of hydrogen-bond acceptors (Lipinski definition) is 9. The van der Waals surface area contributed by atoms with Crippen molar-refractivity contribution in [1.82, 2.24) is 25.1 Å². The van der Waals surface area contributed by atoms with Gasteiger partial charge in [-0.2, -0.15) is 28.1 Å². The Bertz CT molecular complexity index is 1020. The highest BCUT2D eigenvalue weighted by molar-refractivity contribution is 5.47. The molecule has 0 unspecified atom stereocenters. The van der Waals surface area contributed by atoms with E-state index in [0.29, 0.717) is 44.2 Å². The first kappa shape index (κ1) is 21.9. The quantitative estimate of drug-likeness (QED) is 0.581. The highest BCUT2D eigenvalue weighted by Gasteiger charge is 2.29. The topological polar surface area (TPSA) is 116 Å². The van der Waals surface area contributed by atoms with Crippen LogP contribution in [0, 0.1) is 5.92 Å². The van der Waals surface area contributed by atoms with Gasteiger partial charge >= 0.3 is 12.2 Å². The second-order valence-electron chi connectivity index (χ2n) is 7.56.